The zero-order chi connectivity index (χ0) is 21.7. The Labute approximate surface area is 181 Å². The smallest absolute Gasteiger partial charge is 0.0145 e. The molecule has 0 amide bonds. The normalized spacial score (nSPS) is 31.2. The Morgan fingerprint density at radius 1 is 0.724 bits per heavy atom. The van der Waals surface area contributed by atoms with Crippen LogP contribution in [0.1, 0.15) is 93.9 Å². The molecule has 0 aliphatic carbocycles. The van der Waals surface area contributed by atoms with Crippen molar-refractivity contribution in [2.45, 2.75) is 128 Å². The van der Waals surface area contributed by atoms with Crippen molar-refractivity contribution in [3.63, 3.8) is 0 Å². The third-order valence-corrected chi connectivity index (χ3v) is 7.67. The molecule has 4 heteroatoms. The van der Waals surface area contributed by atoms with Crippen LogP contribution in [-0.2, 0) is 0 Å². The van der Waals surface area contributed by atoms with E-state index in [0.29, 0.717) is 6.04 Å². The average molecular weight is 407 g/mol. The second-order valence-electron chi connectivity index (χ2n) is 13.3. The predicted octanol–water partition coefficient (Wildman–Crippen LogP) is 4.25. The van der Waals surface area contributed by atoms with Gasteiger partial charge in [-0.2, -0.15) is 0 Å². The van der Waals surface area contributed by atoms with Gasteiger partial charge in [0.2, 0.25) is 0 Å². The molecule has 0 saturated carbocycles. The number of nitrogens with zero attached hydrogens (tertiary/aromatic N) is 2. The van der Waals surface area contributed by atoms with Crippen molar-refractivity contribution in [2.75, 3.05) is 26.7 Å². The molecule has 0 aromatic rings. The summed E-state index contributed by atoms with van der Waals surface area (Å²) in [6.45, 7) is 22.9. The van der Waals surface area contributed by atoms with E-state index in [1.54, 1.807) is 0 Å². The minimum absolute atomic E-state index is 0.235. The minimum Gasteiger partial charge on any atom is -0.307 e. The first-order chi connectivity index (χ1) is 13.2. The van der Waals surface area contributed by atoms with Gasteiger partial charge in [-0.05, 0) is 120 Å². The van der Waals surface area contributed by atoms with E-state index in [0.717, 1.165) is 12.0 Å². The van der Waals surface area contributed by atoms with Gasteiger partial charge in [-0.25, -0.2) is 0 Å². The van der Waals surface area contributed by atoms with Crippen LogP contribution in [0.3, 0.4) is 0 Å². The number of hydrogen-bond acceptors (Lipinski definition) is 4. The Morgan fingerprint density at radius 2 is 1.14 bits per heavy atom. The van der Waals surface area contributed by atoms with Crippen LogP contribution >= 0.6 is 0 Å². The van der Waals surface area contributed by atoms with Gasteiger partial charge in [-0.1, -0.05) is 0 Å². The van der Waals surface area contributed by atoms with E-state index < -0.39 is 0 Å². The van der Waals surface area contributed by atoms with E-state index in [1.165, 1.54) is 58.2 Å². The summed E-state index contributed by atoms with van der Waals surface area (Å²) in [5.41, 5.74) is 0.966. The van der Waals surface area contributed by atoms with Crippen molar-refractivity contribution in [1.82, 2.24) is 20.4 Å². The fourth-order valence-electron chi connectivity index (χ4n) is 7.16. The SMILES string of the molecule is CN(CC1CCN(C2CC(C)(C)NC(C)(C)C2)CC1)C1CC(C)(C)NC(C)(C)C1. The Hall–Kier alpha value is -0.160. The van der Waals surface area contributed by atoms with E-state index in [9.17, 15) is 0 Å². The highest BCUT2D eigenvalue weighted by atomic mass is 15.2. The molecular weight excluding hydrogens is 356 g/mol. The molecule has 0 atom stereocenters. The summed E-state index contributed by atoms with van der Waals surface area (Å²) in [5.74, 6) is 0.861. The first kappa shape index (κ1) is 23.5. The largest absolute Gasteiger partial charge is 0.307 e. The monoisotopic (exact) mass is 406 g/mol. The van der Waals surface area contributed by atoms with E-state index in [-0.39, 0.29) is 22.2 Å². The molecule has 0 aromatic heterocycles. The van der Waals surface area contributed by atoms with Crippen molar-refractivity contribution in [3.8, 4) is 0 Å². The van der Waals surface area contributed by atoms with Crippen molar-refractivity contribution in [3.05, 3.63) is 0 Å². The lowest BCUT2D eigenvalue weighted by molar-refractivity contribution is 0.0299. The van der Waals surface area contributed by atoms with Crippen LogP contribution in [0.25, 0.3) is 0 Å². The van der Waals surface area contributed by atoms with Crippen LogP contribution in [0.5, 0.6) is 0 Å². The third-order valence-electron chi connectivity index (χ3n) is 7.67. The van der Waals surface area contributed by atoms with Gasteiger partial charge in [0.15, 0.2) is 0 Å². The highest BCUT2D eigenvalue weighted by Crippen LogP contribution is 2.35. The van der Waals surface area contributed by atoms with E-state index in [2.05, 4.69) is 82.9 Å². The maximum absolute atomic E-state index is 3.85. The number of nitrogens with one attached hydrogen (secondary N) is 2. The van der Waals surface area contributed by atoms with Gasteiger partial charge in [0.05, 0.1) is 0 Å². The first-order valence-corrected chi connectivity index (χ1v) is 12.2. The zero-order valence-corrected chi connectivity index (χ0v) is 21.0. The molecule has 0 unspecified atom stereocenters. The van der Waals surface area contributed by atoms with Crippen LogP contribution < -0.4 is 10.6 Å². The van der Waals surface area contributed by atoms with Gasteiger partial charge in [0.25, 0.3) is 0 Å². The molecule has 3 fully saturated rings. The Kier molecular flexibility index (Phi) is 6.54. The van der Waals surface area contributed by atoms with Crippen LogP contribution in [0.15, 0.2) is 0 Å². The molecule has 3 heterocycles. The van der Waals surface area contributed by atoms with Gasteiger partial charge in [0, 0.05) is 40.8 Å². The summed E-state index contributed by atoms with van der Waals surface area (Å²) in [7, 11) is 2.38. The highest BCUT2D eigenvalue weighted by molar-refractivity contribution is 5.02. The second kappa shape index (κ2) is 8.07. The van der Waals surface area contributed by atoms with Crippen LogP contribution in [0.2, 0.25) is 0 Å². The molecule has 29 heavy (non-hydrogen) atoms. The molecule has 170 valence electrons. The van der Waals surface area contributed by atoms with E-state index in [4.69, 9.17) is 0 Å². The fraction of sp³-hybridized carbons (Fsp3) is 1.00. The molecule has 2 N–H and O–H groups in total. The predicted molar refractivity (Wildman–Crippen MR) is 126 cm³/mol. The summed E-state index contributed by atoms with van der Waals surface area (Å²) >= 11 is 0. The van der Waals surface area contributed by atoms with E-state index >= 15 is 0 Å². The van der Waals surface area contributed by atoms with Gasteiger partial charge >= 0.3 is 0 Å². The van der Waals surface area contributed by atoms with Crippen LogP contribution in [0.4, 0.5) is 0 Å². The summed E-state index contributed by atoms with van der Waals surface area (Å²) in [6, 6.07) is 1.44. The quantitative estimate of drug-likeness (QED) is 0.731. The molecule has 0 radical (unpaired) electrons. The van der Waals surface area contributed by atoms with Crippen molar-refractivity contribution < 1.29 is 0 Å². The maximum Gasteiger partial charge on any atom is 0.0145 e. The molecular formula is C25H50N4. The van der Waals surface area contributed by atoms with Gasteiger partial charge in [-0.3, -0.25) is 0 Å². The average Bonchev–Trinajstić information content (AvgIpc) is 2.49. The number of likely N-dealkylation sites (tertiary alicyclic amines) is 1. The van der Waals surface area contributed by atoms with Crippen molar-refractivity contribution in [1.29, 1.82) is 0 Å². The van der Waals surface area contributed by atoms with Gasteiger partial charge in [-0.15, -0.1) is 0 Å². The van der Waals surface area contributed by atoms with Crippen LogP contribution in [-0.4, -0.2) is 70.7 Å². The molecule has 0 bridgehead atoms. The van der Waals surface area contributed by atoms with Gasteiger partial charge in [0.1, 0.15) is 0 Å². The second-order valence-corrected chi connectivity index (χ2v) is 13.3. The highest BCUT2D eigenvalue weighted by Gasteiger charge is 2.42. The summed E-state index contributed by atoms with van der Waals surface area (Å²) < 4.78 is 0. The molecule has 3 rings (SSSR count). The van der Waals surface area contributed by atoms with E-state index in [1.807, 2.05) is 0 Å². The lowest BCUT2D eigenvalue weighted by Gasteiger charge is -2.51. The molecule has 0 aromatic carbocycles. The molecule has 4 nitrogen and oxygen atoms in total. The number of rotatable bonds is 4. The minimum atomic E-state index is 0.235. The van der Waals surface area contributed by atoms with Crippen molar-refractivity contribution >= 4 is 0 Å². The lowest BCUT2D eigenvalue weighted by atomic mass is 9.78. The lowest BCUT2D eigenvalue weighted by Crippen LogP contribution is -2.63. The fourth-order valence-corrected chi connectivity index (χ4v) is 7.16. The summed E-state index contributed by atoms with van der Waals surface area (Å²) in [4.78, 5) is 5.51. The Morgan fingerprint density at radius 3 is 1.59 bits per heavy atom. The first-order valence-electron chi connectivity index (χ1n) is 12.2. The third kappa shape index (κ3) is 6.41. The maximum atomic E-state index is 3.85. The Balaban J connectivity index is 1.51. The molecule has 3 aliphatic rings. The number of hydrogen-bond donors (Lipinski definition) is 2. The zero-order valence-electron chi connectivity index (χ0n) is 21.0. The topological polar surface area (TPSA) is 30.5 Å². The standard InChI is InChI=1S/C25H50N4/c1-22(2)14-20(15-23(3,4)26-22)28(9)18-19-10-12-29(13-11-19)21-16-24(5,6)27-25(7,8)17-21/h19-21,26-27H,10-18H2,1-9H3. The molecule has 0 spiro atoms. The van der Waals surface area contributed by atoms with Crippen LogP contribution in [0, 0.1) is 5.92 Å². The molecule has 3 aliphatic heterocycles. The summed E-state index contributed by atoms with van der Waals surface area (Å²) in [5, 5.41) is 7.68. The summed E-state index contributed by atoms with van der Waals surface area (Å²) in [6.07, 6.45) is 7.80. The van der Waals surface area contributed by atoms with Gasteiger partial charge < -0.3 is 20.4 Å². The number of piperidine rings is 3. The van der Waals surface area contributed by atoms with Crippen molar-refractivity contribution in [2.24, 2.45) is 5.92 Å². The Bertz CT molecular complexity index is 525. The molecule has 3 saturated heterocycles.